The van der Waals surface area contributed by atoms with Crippen molar-refractivity contribution >= 4 is 11.6 Å². The van der Waals surface area contributed by atoms with E-state index in [1.54, 1.807) is 12.4 Å². The van der Waals surface area contributed by atoms with Crippen LogP contribution < -0.4 is 5.32 Å². The molecule has 2 aliphatic heterocycles. The maximum absolute atomic E-state index is 13.3. The zero-order valence-corrected chi connectivity index (χ0v) is 16.7. The molecule has 6 heteroatoms. The summed E-state index contributed by atoms with van der Waals surface area (Å²) in [6.07, 6.45) is 8.15. The zero-order chi connectivity index (χ0) is 19.5. The number of carbonyl (C=O) groups excluding carboxylic acids is 1. The number of hydrogen-bond donors (Lipinski definition) is 1. The van der Waals surface area contributed by atoms with Crippen LogP contribution in [0.15, 0.2) is 43.0 Å². The van der Waals surface area contributed by atoms with Crippen molar-refractivity contribution in [3.05, 3.63) is 54.1 Å². The Balaban J connectivity index is 1.69. The molecule has 1 fully saturated rings. The molecule has 0 radical (unpaired) electrons. The zero-order valence-electron chi connectivity index (χ0n) is 16.7. The molecule has 2 bridgehead atoms. The van der Waals surface area contributed by atoms with Gasteiger partial charge in [0.1, 0.15) is 6.33 Å². The number of para-hydroxylation sites is 1. The summed E-state index contributed by atoms with van der Waals surface area (Å²) in [5.41, 5.74) is 2.83. The van der Waals surface area contributed by atoms with Crippen molar-refractivity contribution in [2.45, 2.75) is 57.8 Å². The van der Waals surface area contributed by atoms with Crippen LogP contribution in [0.1, 0.15) is 49.0 Å². The van der Waals surface area contributed by atoms with Gasteiger partial charge in [0, 0.05) is 55.8 Å². The second-order valence-electron chi connectivity index (χ2n) is 8.11. The van der Waals surface area contributed by atoms with E-state index >= 15 is 0 Å². The number of hydrogen-bond acceptors (Lipinski definition) is 5. The maximum atomic E-state index is 13.3. The SMILES string of the molecule is CC(C)N1[C@H]2CCNc3ccccc3CN(C(=O)c3cncnc3)C[C@@H]1CC2. The normalized spacial score (nSPS) is 23.0. The highest BCUT2D eigenvalue weighted by molar-refractivity contribution is 5.93. The van der Waals surface area contributed by atoms with Gasteiger partial charge < -0.3 is 10.2 Å². The van der Waals surface area contributed by atoms with E-state index in [-0.39, 0.29) is 5.91 Å². The Labute approximate surface area is 167 Å². The van der Waals surface area contributed by atoms with E-state index in [2.05, 4.69) is 52.2 Å². The van der Waals surface area contributed by atoms with Crippen molar-refractivity contribution in [1.29, 1.82) is 0 Å². The van der Waals surface area contributed by atoms with Crippen LogP contribution in [0.5, 0.6) is 0 Å². The molecule has 148 valence electrons. The summed E-state index contributed by atoms with van der Waals surface area (Å²) in [5.74, 6) is 0.00167. The van der Waals surface area contributed by atoms with Gasteiger partial charge in [0.05, 0.1) is 5.56 Å². The average Bonchev–Trinajstić information content (AvgIpc) is 3.09. The summed E-state index contributed by atoms with van der Waals surface area (Å²) < 4.78 is 0. The number of anilines is 1. The van der Waals surface area contributed by atoms with E-state index in [0.29, 0.717) is 30.2 Å². The molecule has 0 spiro atoms. The number of fused-ring (bicyclic) bond motifs is 3. The first-order valence-corrected chi connectivity index (χ1v) is 10.3. The Bertz CT molecular complexity index is 810. The van der Waals surface area contributed by atoms with Gasteiger partial charge in [0.2, 0.25) is 0 Å². The molecule has 2 aliphatic rings. The van der Waals surface area contributed by atoms with Gasteiger partial charge in [-0.25, -0.2) is 9.97 Å². The number of aromatic nitrogens is 2. The predicted octanol–water partition coefficient (Wildman–Crippen LogP) is 3.18. The van der Waals surface area contributed by atoms with Crippen LogP contribution in [0.3, 0.4) is 0 Å². The third kappa shape index (κ3) is 3.87. The van der Waals surface area contributed by atoms with Gasteiger partial charge in [-0.05, 0) is 44.7 Å². The Hall–Kier alpha value is -2.47. The smallest absolute Gasteiger partial charge is 0.257 e. The van der Waals surface area contributed by atoms with Crippen LogP contribution in [0, 0.1) is 0 Å². The van der Waals surface area contributed by atoms with Crippen molar-refractivity contribution < 1.29 is 4.79 Å². The summed E-state index contributed by atoms with van der Waals surface area (Å²) in [6, 6.07) is 9.75. The molecule has 2 aromatic rings. The van der Waals surface area contributed by atoms with Crippen molar-refractivity contribution in [3.63, 3.8) is 0 Å². The van der Waals surface area contributed by atoms with E-state index in [0.717, 1.165) is 37.2 Å². The molecular formula is C22H29N5O. The Morgan fingerprint density at radius 1 is 1.11 bits per heavy atom. The first kappa shape index (κ1) is 18.9. The summed E-state index contributed by atoms with van der Waals surface area (Å²) in [6.45, 7) is 6.81. The lowest BCUT2D eigenvalue weighted by atomic mass is 10.1. The van der Waals surface area contributed by atoms with Gasteiger partial charge >= 0.3 is 0 Å². The van der Waals surface area contributed by atoms with Crippen LogP contribution in [-0.4, -0.2) is 56.9 Å². The van der Waals surface area contributed by atoms with E-state index in [1.165, 1.54) is 12.7 Å². The number of carbonyl (C=O) groups is 1. The highest BCUT2D eigenvalue weighted by Gasteiger charge is 2.37. The molecule has 4 rings (SSSR count). The van der Waals surface area contributed by atoms with Crippen molar-refractivity contribution in [1.82, 2.24) is 19.8 Å². The lowest BCUT2D eigenvalue weighted by Crippen LogP contribution is -2.48. The molecule has 1 aromatic carbocycles. The number of nitrogens with one attached hydrogen (secondary N) is 1. The fourth-order valence-corrected chi connectivity index (χ4v) is 4.78. The van der Waals surface area contributed by atoms with E-state index in [9.17, 15) is 4.79 Å². The first-order valence-electron chi connectivity index (χ1n) is 10.3. The Morgan fingerprint density at radius 2 is 1.86 bits per heavy atom. The van der Waals surface area contributed by atoms with Gasteiger partial charge in [0.25, 0.3) is 5.91 Å². The second-order valence-corrected chi connectivity index (χ2v) is 8.11. The highest BCUT2D eigenvalue weighted by atomic mass is 16.2. The molecule has 1 saturated heterocycles. The Morgan fingerprint density at radius 3 is 2.64 bits per heavy atom. The van der Waals surface area contributed by atoms with Gasteiger partial charge in [0.15, 0.2) is 0 Å². The van der Waals surface area contributed by atoms with Gasteiger partial charge in [-0.15, -0.1) is 0 Å². The minimum Gasteiger partial charge on any atom is -0.385 e. The van der Waals surface area contributed by atoms with Crippen LogP contribution in [0.2, 0.25) is 0 Å². The first-order chi connectivity index (χ1) is 13.6. The molecule has 2 atom stereocenters. The monoisotopic (exact) mass is 379 g/mol. The molecule has 0 saturated carbocycles. The minimum atomic E-state index is 0.00167. The fraction of sp³-hybridized carbons (Fsp3) is 0.500. The van der Waals surface area contributed by atoms with Gasteiger partial charge in [-0.2, -0.15) is 0 Å². The minimum absolute atomic E-state index is 0.00167. The summed E-state index contributed by atoms with van der Waals surface area (Å²) in [4.78, 5) is 26.0. The van der Waals surface area contributed by atoms with Crippen LogP contribution in [0.25, 0.3) is 0 Å². The van der Waals surface area contributed by atoms with Crippen LogP contribution in [-0.2, 0) is 6.54 Å². The van der Waals surface area contributed by atoms with Crippen LogP contribution in [0.4, 0.5) is 5.69 Å². The molecule has 1 aromatic heterocycles. The third-order valence-corrected chi connectivity index (χ3v) is 5.97. The molecule has 0 aliphatic carbocycles. The lowest BCUT2D eigenvalue weighted by molar-refractivity contribution is 0.0633. The van der Waals surface area contributed by atoms with Crippen molar-refractivity contribution in [2.75, 3.05) is 18.4 Å². The molecule has 6 nitrogen and oxygen atoms in total. The molecule has 3 heterocycles. The largest absolute Gasteiger partial charge is 0.385 e. The molecule has 1 amide bonds. The molecule has 28 heavy (non-hydrogen) atoms. The number of benzene rings is 1. The van der Waals surface area contributed by atoms with E-state index in [4.69, 9.17) is 0 Å². The third-order valence-electron chi connectivity index (χ3n) is 5.97. The summed E-state index contributed by atoms with van der Waals surface area (Å²) >= 11 is 0. The topological polar surface area (TPSA) is 61.4 Å². The second kappa shape index (κ2) is 8.27. The highest BCUT2D eigenvalue weighted by Crippen LogP contribution is 2.31. The quantitative estimate of drug-likeness (QED) is 0.868. The number of amides is 1. The van der Waals surface area contributed by atoms with Crippen LogP contribution >= 0.6 is 0 Å². The van der Waals surface area contributed by atoms with Gasteiger partial charge in [-0.1, -0.05) is 18.2 Å². The maximum Gasteiger partial charge on any atom is 0.257 e. The molecular weight excluding hydrogens is 350 g/mol. The number of rotatable bonds is 2. The van der Waals surface area contributed by atoms with Crippen molar-refractivity contribution in [3.8, 4) is 0 Å². The van der Waals surface area contributed by atoms with Gasteiger partial charge in [-0.3, -0.25) is 9.69 Å². The molecule has 1 N–H and O–H groups in total. The van der Waals surface area contributed by atoms with E-state index in [1.807, 2.05) is 11.0 Å². The summed E-state index contributed by atoms with van der Waals surface area (Å²) in [7, 11) is 0. The number of nitrogens with zero attached hydrogens (tertiary/aromatic N) is 4. The van der Waals surface area contributed by atoms with Crippen molar-refractivity contribution in [2.24, 2.45) is 0 Å². The standard InChI is InChI=1S/C22H29N5O/c1-16(2)27-19-7-8-20(27)14-26(22(28)18-11-23-15-24-12-18)13-17-5-3-4-6-21(17)25-10-9-19/h3-6,11-12,15-16,19-20,25H,7-10,13-14H2,1-2H3/t19-,20+/m1/s1. The fourth-order valence-electron chi connectivity index (χ4n) is 4.78. The molecule has 0 unspecified atom stereocenters. The average molecular weight is 380 g/mol. The predicted molar refractivity (Wildman–Crippen MR) is 110 cm³/mol. The Kier molecular flexibility index (Phi) is 5.57. The lowest BCUT2D eigenvalue weighted by Gasteiger charge is -2.36. The summed E-state index contributed by atoms with van der Waals surface area (Å²) in [5, 5.41) is 3.61. The van der Waals surface area contributed by atoms with E-state index < -0.39 is 0 Å².